The summed E-state index contributed by atoms with van der Waals surface area (Å²) < 4.78 is 6.49. The van der Waals surface area contributed by atoms with E-state index in [2.05, 4.69) is 13.2 Å². The molecule has 3 fully saturated rings. The van der Waals surface area contributed by atoms with Gasteiger partial charge in [-0.05, 0) is 31.4 Å². The molecule has 1 aromatic rings. The van der Waals surface area contributed by atoms with Gasteiger partial charge >= 0.3 is 0 Å². The van der Waals surface area contributed by atoms with Crippen LogP contribution >= 0.6 is 11.6 Å². The number of ether oxygens (including phenoxy) is 1. The molecule has 0 radical (unpaired) electrons. The first kappa shape index (κ1) is 26.4. The summed E-state index contributed by atoms with van der Waals surface area (Å²) in [5, 5.41) is 10.6. The molecule has 194 valence electrons. The average Bonchev–Trinajstić information content (AvgIpc) is 3.51. The molecule has 6 atom stereocenters. The predicted octanol–water partition coefficient (Wildman–Crippen LogP) is 2.65. The van der Waals surface area contributed by atoms with Crippen molar-refractivity contribution in [3.05, 3.63) is 54.6 Å². The lowest BCUT2D eigenvalue weighted by Gasteiger charge is -2.39. The van der Waals surface area contributed by atoms with E-state index in [0.717, 1.165) is 0 Å². The molecule has 1 aromatic carbocycles. The first-order valence-electron chi connectivity index (χ1n) is 12.4. The van der Waals surface area contributed by atoms with Gasteiger partial charge in [0, 0.05) is 20.1 Å². The minimum absolute atomic E-state index is 0.172. The number of para-hydroxylation sites is 1. The highest BCUT2D eigenvalue weighted by Crippen LogP contribution is 2.59. The number of hydrogen-bond acceptors (Lipinski definition) is 5. The smallest absolute Gasteiger partial charge is 0.253 e. The molecule has 0 aromatic heterocycles. The second kappa shape index (κ2) is 10.4. The van der Waals surface area contributed by atoms with Crippen molar-refractivity contribution in [1.29, 1.82) is 0 Å². The van der Waals surface area contributed by atoms with Gasteiger partial charge in [-0.25, -0.2) is 0 Å². The van der Waals surface area contributed by atoms with Crippen molar-refractivity contribution in [2.45, 2.75) is 50.0 Å². The standard InChI is InChI=1S/C27H34ClN3O5/c1-5-14-29(4)24(33)21-20-12-13-27(36-20)22(21)25(34)31(17(7-3)16-32)23(27)26(35)30(15-6-2)19-11-9-8-10-18(19)28/h5-6,8-11,17,20-23,32H,1-2,7,12-16H2,3-4H3/t17-,20-,21+,22-,23?,27?/m0/s1. The zero-order valence-electron chi connectivity index (χ0n) is 20.8. The van der Waals surface area contributed by atoms with Crippen molar-refractivity contribution >= 4 is 35.0 Å². The predicted molar refractivity (Wildman–Crippen MR) is 137 cm³/mol. The third-order valence-corrected chi connectivity index (χ3v) is 8.15. The number of hydrogen-bond donors (Lipinski definition) is 1. The number of likely N-dealkylation sites (tertiary alicyclic amines) is 1. The summed E-state index contributed by atoms with van der Waals surface area (Å²) in [6.45, 7) is 9.58. The van der Waals surface area contributed by atoms with Gasteiger partial charge in [-0.3, -0.25) is 14.4 Å². The van der Waals surface area contributed by atoms with Crippen LogP contribution in [0.4, 0.5) is 5.69 Å². The third kappa shape index (κ3) is 3.96. The van der Waals surface area contributed by atoms with Crippen molar-refractivity contribution in [2.75, 3.05) is 31.6 Å². The molecule has 3 saturated heterocycles. The molecule has 2 bridgehead atoms. The molecule has 4 rings (SSSR count). The SMILES string of the molecule is C=CCN(C)C(=O)[C@@H]1[C@@H]2CCC3(O2)C(C(=O)N(CC=C)c2ccccc2Cl)N([C@@H](CC)CO)C(=O)[C@H]13. The van der Waals surface area contributed by atoms with Gasteiger partial charge in [-0.1, -0.05) is 42.8 Å². The maximum atomic E-state index is 14.4. The minimum Gasteiger partial charge on any atom is -0.394 e. The molecule has 36 heavy (non-hydrogen) atoms. The lowest BCUT2D eigenvalue weighted by atomic mass is 9.70. The van der Waals surface area contributed by atoms with Gasteiger partial charge in [0.1, 0.15) is 11.6 Å². The van der Waals surface area contributed by atoms with Crippen molar-refractivity contribution in [1.82, 2.24) is 9.80 Å². The summed E-state index contributed by atoms with van der Waals surface area (Å²) in [7, 11) is 1.67. The number of fused-ring (bicyclic) bond motifs is 1. The Bertz CT molecular complexity index is 1060. The Kier molecular flexibility index (Phi) is 7.59. The molecule has 1 N–H and O–H groups in total. The molecule has 3 aliphatic rings. The monoisotopic (exact) mass is 515 g/mol. The van der Waals surface area contributed by atoms with Crippen LogP contribution in [0.15, 0.2) is 49.6 Å². The normalized spacial score (nSPS) is 29.1. The van der Waals surface area contributed by atoms with E-state index < -0.39 is 35.6 Å². The maximum Gasteiger partial charge on any atom is 0.253 e. The number of likely N-dealkylation sites (N-methyl/N-ethyl adjacent to an activating group) is 1. The lowest BCUT2D eigenvalue weighted by Crippen LogP contribution is -2.59. The molecule has 9 heteroatoms. The Hall–Kier alpha value is -2.68. The van der Waals surface area contributed by atoms with Crippen LogP contribution in [0.5, 0.6) is 0 Å². The number of aliphatic hydroxyl groups excluding tert-OH is 1. The number of halogens is 1. The number of aliphatic hydroxyl groups is 1. The van der Waals surface area contributed by atoms with E-state index in [4.69, 9.17) is 16.3 Å². The number of carbonyl (C=O) groups is 3. The molecular formula is C27H34ClN3O5. The van der Waals surface area contributed by atoms with Crippen molar-refractivity contribution in [2.24, 2.45) is 11.8 Å². The van der Waals surface area contributed by atoms with Gasteiger partial charge in [0.05, 0.1) is 41.3 Å². The number of benzene rings is 1. The summed E-state index contributed by atoms with van der Waals surface area (Å²) in [6.07, 6.45) is 4.28. The second-order valence-electron chi connectivity index (χ2n) is 9.74. The topological polar surface area (TPSA) is 90.4 Å². The van der Waals surface area contributed by atoms with Crippen LogP contribution in [0.3, 0.4) is 0 Å². The van der Waals surface area contributed by atoms with Gasteiger partial charge in [0.25, 0.3) is 5.91 Å². The van der Waals surface area contributed by atoms with Gasteiger partial charge < -0.3 is 24.5 Å². The van der Waals surface area contributed by atoms with Crippen molar-refractivity contribution in [3.8, 4) is 0 Å². The summed E-state index contributed by atoms with van der Waals surface area (Å²) in [5.41, 5.74) is -0.656. The Morgan fingerprint density at radius 3 is 2.58 bits per heavy atom. The van der Waals surface area contributed by atoms with E-state index in [9.17, 15) is 19.5 Å². The fourth-order valence-electron chi connectivity index (χ4n) is 6.25. The van der Waals surface area contributed by atoms with Gasteiger partial charge in [-0.2, -0.15) is 0 Å². The van der Waals surface area contributed by atoms with E-state index in [1.807, 2.05) is 6.92 Å². The van der Waals surface area contributed by atoms with Crippen LogP contribution in [-0.4, -0.2) is 83.2 Å². The number of nitrogens with zero attached hydrogens (tertiary/aromatic N) is 3. The average molecular weight is 516 g/mol. The van der Waals surface area contributed by atoms with Crippen LogP contribution in [0.1, 0.15) is 26.2 Å². The van der Waals surface area contributed by atoms with E-state index in [-0.39, 0.29) is 30.9 Å². The zero-order chi connectivity index (χ0) is 26.2. The van der Waals surface area contributed by atoms with Gasteiger partial charge in [-0.15, -0.1) is 13.2 Å². The second-order valence-corrected chi connectivity index (χ2v) is 10.1. The highest BCUT2D eigenvalue weighted by molar-refractivity contribution is 6.34. The Morgan fingerprint density at radius 1 is 1.28 bits per heavy atom. The number of amides is 3. The highest BCUT2D eigenvalue weighted by atomic mass is 35.5. The summed E-state index contributed by atoms with van der Waals surface area (Å²) in [5.74, 6) is -2.37. The highest BCUT2D eigenvalue weighted by Gasteiger charge is 2.75. The molecule has 3 heterocycles. The van der Waals surface area contributed by atoms with Crippen molar-refractivity contribution in [3.63, 3.8) is 0 Å². The van der Waals surface area contributed by atoms with Crippen molar-refractivity contribution < 1.29 is 24.2 Å². The molecule has 0 saturated carbocycles. The van der Waals surface area contributed by atoms with Crippen LogP contribution in [0.25, 0.3) is 0 Å². The maximum absolute atomic E-state index is 14.4. The van der Waals surface area contributed by atoms with Crippen LogP contribution < -0.4 is 4.90 Å². The fraction of sp³-hybridized carbons (Fsp3) is 0.519. The van der Waals surface area contributed by atoms with E-state index >= 15 is 0 Å². The molecule has 1 spiro atoms. The van der Waals surface area contributed by atoms with E-state index in [1.54, 1.807) is 48.4 Å². The first-order chi connectivity index (χ1) is 17.3. The number of carbonyl (C=O) groups excluding carboxylic acids is 3. The molecule has 8 nitrogen and oxygen atoms in total. The van der Waals surface area contributed by atoms with E-state index in [1.165, 1.54) is 9.80 Å². The van der Waals surface area contributed by atoms with Gasteiger partial charge in [0.15, 0.2) is 0 Å². The van der Waals surface area contributed by atoms with Gasteiger partial charge in [0.2, 0.25) is 11.8 Å². The summed E-state index contributed by atoms with van der Waals surface area (Å²) >= 11 is 6.47. The molecular weight excluding hydrogens is 482 g/mol. The Labute approximate surface area is 217 Å². The first-order valence-corrected chi connectivity index (χ1v) is 12.8. The molecule has 2 unspecified atom stereocenters. The fourth-order valence-corrected chi connectivity index (χ4v) is 6.49. The number of anilines is 1. The zero-order valence-corrected chi connectivity index (χ0v) is 21.6. The number of rotatable bonds is 10. The minimum atomic E-state index is -1.16. The Balaban J connectivity index is 1.82. The Morgan fingerprint density at radius 2 is 1.97 bits per heavy atom. The quantitative estimate of drug-likeness (QED) is 0.484. The summed E-state index contributed by atoms with van der Waals surface area (Å²) in [6, 6.07) is 5.41. The molecule has 3 amide bonds. The molecule has 3 aliphatic heterocycles. The van der Waals surface area contributed by atoms with Crippen LogP contribution in [-0.2, 0) is 19.1 Å². The largest absolute Gasteiger partial charge is 0.394 e. The summed E-state index contributed by atoms with van der Waals surface area (Å²) in [4.78, 5) is 46.4. The third-order valence-electron chi connectivity index (χ3n) is 7.83. The lowest BCUT2D eigenvalue weighted by molar-refractivity contribution is -0.146. The van der Waals surface area contributed by atoms with Crippen LogP contribution in [0, 0.1) is 11.8 Å². The van der Waals surface area contributed by atoms with E-state index in [0.29, 0.717) is 36.5 Å². The van der Waals surface area contributed by atoms with Crippen LogP contribution in [0.2, 0.25) is 5.02 Å². The molecule has 0 aliphatic carbocycles.